The van der Waals surface area contributed by atoms with E-state index in [2.05, 4.69) is 72.3 Å². The van der Waals surface area contributed by atoms with Crippen LogP contribution in [0.5, 0.6) is 57.5 Å². The maximum absolute atomic E-state index is 7.63. The van der Waals surface area contributed by atoms with E-state index in [-0.39, 0.29) is 206 Å². The maximum atomic E-state index is 7.63. The molecule has 0 unspecified atom stereocenters. The van der Waals surface area contributed by atoms with Crippen LogP contribution in [0.2, 0.25) is 60.3 Å². The van der Waals surface area contributed by atoms with Crippen LogP contribution in [-0.4, -0.2) is 54.1 Å². The Morgan fingerprint density at radius 3 is 0.833 bits per heavy atom. The fourth-order valence-electron chi connectivity index (χ4n) is 11.1. The smallest absolute Gasteiger partial charge is 0.211 e. The number of hydrogen-bond donors (Lipinski definition) is 2. The monoisotopic (exact) mass is 1520 g/mol. The minimum absolute atomic E-state index is 0.0106. The van der Waals surface area contributed by atoms with Gasteiger partial charge in [0.25, 0.3) is 0 Å². The largest absolute Gasteiger partial charge is 0.493 e. The SMILES string of the molecule is COc1cccc(OC)c1Oc1c(Cl)c(Cl)c2c3nc4nc(nc5[nH]c(nc6nc(nc([nH]3)c2c1Cl)-c1c(Cl)c(Oc2ccc(C(C)(C)C)cc2)c(Cl)c(Cl)c1-6)c1c(Cl)c(Oc2ccc(C(C)(C)C)cc2)c(Cl)c(Cl)c51)-c1c(Cl)c(Oc2ccc(C(C)(C)C)cc2)c(Cl)c(Cl)c1-4. The molecule has 8 bridgehead atoms. The van der Waals surface area contributed by atoms with Gasteiger partial charge in [-0.3, -0.25) is 0 Å². The molecule has 0 saturated heterocycles. The van der Waals surface area contributed by atoms with Crippen molar-refractivity contribution in [2.24, 2.45) is 0 Å². The summed E-state index contributed by atoms with van der Waals surface area (Å²) in [4.78, 5) is 37.6. The molecule has 0 saturated carbocycles. The molecule has 26 heteroatoms. The Hall–Kier alpha value is -6.60. The van der Waals surface area contributed by atoms with Gasteiger partial charge in [-0.25, -0.2) is 29.9 Å². The Morgan fingerprint density at radius 2 is 0.542 bits per heavy atom. The second-order valence-electron chi connectivity index (χ2n) is 25.4. The third-order valence-electron chi connectivity index (χ3n) is 16.1. The second-order valence-corrected chi connectivity index (χ2v) is 30.0. The van der Waals surface area contributed by atoms with Crippen molar-refractivity contribution in [1.82, 2.24) is 39.9 Å². The van der Waals surface area contributed by atoms with Gasteiger partial charge in [0.05, 0.1) is 98.2 Å². The summed E-state index contributed by atoms with van der Waals surface area (Å²) in [6.45, 7) is 18.9. The minimum Gasteiger partial charge on any atom is -0.493 e. The van der Waals surface area contributed by atoms with Gasteiger partial charge >= 0.3 is 0 Å². The molecule has 0 radical (unpaired) electrons. The van der Waals surface area contributed by atoms with Crippen molar-refractivity contribution in [3.8, 4) is 103 Å². The van der Waals surface area contributed by atoms with E-state index in [4.69, 9.17) is 198 Å². The van der Waals surface area contributed by atoms with Crippen LogP contribution in [0.1, 0.15) is 79.0 Å². The van der Waals surface area contributed by atoms with E-state index in [1.807, 2.05) is 36.4 Å². The number of benzene rings is 8. The molecule has 0 amide bonds. The zero-order chi connectivity index (χ0) is 68.7. The molecule has 2 aliphatic heterocycles. The standard InChI is InChI=1S/C70H50Cl12N8O6/c1-68(2,3)27-15-21-30(22-16-27)93-56-47(75)39-35(43(71)51(56)79)60-83-61-38-42(50(78)59(54(82)46(38)74)96-55-33(91-10)13-12-14-34(55)92-11)67(85-61)90-66-41-37(45(73)53(81)58(49(41)77)95-32-25-19-29(20-26-32)70(7,8)9)63(89-66)88-65-40-36(62(87-65)86-64(39)84-60)44(72)52(80)57(48(40)76)94-31-23-17-28(18-24-31)69(4,5)6/h12-26H,1-11H3,(H2,83,84,85,86,87,88,89,90). The Kier molecular flexibility index (Phi) is 17.9. The summed E-state index contributed by atoms with van der Waals surface area (Å²) in [6.07, 6.45) is 0. The van der Waals surface area contributed by atoms with Gasteiger partial charge in [-0.05, 0) is 81.5 Å². The maximum Gasteiger partial charge on any atom is 0.211 e. The summed E-state index contributed by atoms with van der Waals surface area (Å²) in [5.74, 6) is 1.11. The summed E-state index contributed by atoms with van der Waals surface area (Å²) < 4.78 is 37.6. The summed E-state index contributed by atoms with van der Waals surface area (Å²) in [6, 6.07) is 27.4. The van der Waals surface area contributed by atoms with Gasteiger partial charge in [-0.15, -0.1) is 0 Å². The van der Waals surface area contributed by atoms with Crippen molar-refractivity contribution in [3.05, 3.63) is 168 Å². The van der Waals surface area contributed by atoms with Crippen molar-refractivity contribution in [3.63, 3.8) is 0 Å². The van der Waals surface area contributed by atoms with Gasteiger partial charge < -0.3 is 38.4 Å². The third kappa shape index (κ3) is 11.8. The number of rotatable bonds is 10. The van der Waals surface area contributed by atoms with E-state index >= 15 is 0 Å². The number of fused-ring (bicyclic) bond motifs is 20. The van der Waals surface area contributed by atoms with Crippen LogP contribution in [0, 0.1) is 0 Å². The van der Waals surface area contributed by atoms with Gasteiger partial charge in [0.2, 0.25) is 5.75 Å². The van der Waals surface area contributed by atoms with E-state index in [0.29, 0.717) is 17.2 Å². The van der Waals surface area contributed by atoms with E-state index in [1.165, 1.54) is 14.2 Å². The molecule has 96 heavy (non-hydrogen) atoms. The molecule has 5 heterocycles. The molecular formula is C70H50Cl12N8O6. The number of aromatic amines is 2. The molecule has 13 rings (SSSR count). The highest BCUT2D eigenvalue weighted by molar-refractivity contribution is 6.53. The molecule has 0 aliphatic carbocycles. The average Bonchev–Trinajstić information content (AvgIpc) is 1.56. The van der Waals surface area contributed by atoms with Crippen LogP contribution in [0.3, 0.4) is 0 Å². The number of nitrogens with one attached hydrogen (secondary N) is 2. The van der Waals surface area contributed by atoms with Crippen molar-refractivity contribution in [2.45, 2.75) is 78.6 Å². The molecular weight excluding hydrogens is 1470 g/mol. The van der Waals surface area contributed by atoms with E-state index in [0.717, 1.165) is 16.7 Å². The number of halogens is 12. The van der Waals surface area contributed by atoms with E-state index < -0.39 is 0 Å². The van der Waals surface area contributed by atoms with E-state index in [9.17, 15) is 0 Å². The van der Waals surface area contributed by atoms with Gasteiger partial charge in [0, 0.05) is 0 Å². The zero-order valence-corrected chi connectivity index (χ0v) is 61.4. The highest BCUT2D eigenvalue weighted by atomic mass is 35.5. The fraction of sp³-hybridized carbons (Fsp3) is 0.200. The molecule has 14 nitrogen and oxygen atoms in total. The van der Waals surface area contributed by atoms with Gasteiger partial charge in [-0.1, -0.05) is 244 Å². The number of nitrogens with zero attached hydrogens (tertiary/aromatic N) is 6. The molecule has 0 fully saturated rings. The minimum atomic E-state index is -0.175. The number of para-hydroxylation sites is 1. The first-order valence-electron chi connectivity index (χ1n) is 29.3. The van der Waals surface area contributed by atoms with Crippen LogP contribution in [0.15, 0.2) is 91.0 Å². The van der Waals surface area contributed by atoms with Crippen LogP contribution >= 0.6 is 139 Å². The second kappa shape index (κ2) is 25.3. The third-order valence-corrected chi connectivity index (χ3v) is 20.9. The quantitative estimate of drug-likeness (QED) is 0.125. The molecule has 11 aromatic rings. The lowest BCUT2D eigenvalue weighted by Gasteiger charge is -2.19. The topological polar surface area (TPSA) is 164 Å². The molecule has 490 valence electrons. The number of ether oxygens (including phenoxy) is 6. The van der Waals surface area contributed by atoms with Crippen LogP contribution in [0.25, 0.3) is 89.7 Å². The predicted octanol–water partition coefficient (Wildman–Crippen LogP) is 25.8. The van der Waals surface area contributed by atoms with Crippen molar-refractivity contribution in [1.29, 1.82) is 0 Å². The number of methoxy groups -OCH3 is 2. The molecule has 3 aromatic heterocycles. The highest BCUT2D eigenvalue weighted by Gasteiger charge is 2.36. The van der Waals surface area contributed by atoms with Gasteiger partial charge in [0.15, 0.2) is 57.8 Å². The molecule has 0 spiro atoms. The summed E-state index contributed by atoms with van der Waals surface area (Å²) in [5.41, 5.74) is 2.94. The Balaban J connectivity index is 1.17. The number of H-pyrrole nitrogens is 2. The Bertz CT molecular complexity index is 5280. The Labute approximate surface area is 610 Å². The van der Waals surface area contributed by atoms with Crippen molar-refractivity contribution in [2.75, 3.05) is 14.2 Å². The Morgan fingerprint density at radius 1 is 0.281 bits per heavy atom. The summed E-state index contributed by atoms with van der Waals surface area (Å²) >= 11 is 89.6. The molecule has 2 aliphatic rings. The number of aromatic nitrogens is 8. The van der Waals surface area contributed by atoms with E-state index in [1.54, 1.807) is 54.6 Å². The fourth-order valence-corrected chi connectivity index (χ4v) is 14.5. The highest BCUT2D eigenvalue weighted by Crippen LogP contribution is 2.58. The van der Waals surface area contributed by atoms with Gasteiger partial charge in [0.1, 0.15) is 59.9 Å². The predicted molar refractivity (Wildman–Crippen MR) is 391 cm³/mol. The lowest BCUT2D eigenvalue weighted by Crippen LogP contribution is -2.10. The first kappa shape index (κ1) is 67.9. The normalized spacial score (nSPS) is 12.3. The van der Waals surface area contributed by atoms with Crippen LogP contribution in [0.4, 0.5) is 0 Å². The van der Waals surface area contributed by atoms with Gasteiger partial charge in [-0.2, -0.15) is 0 Å². The lowest BCUT2D eigenvalue weighted by molar-refractivity contribution is 0.346. The molecule has 0 atom stereocenters. The average molecular weight is 1520 g/mol. The van der Waals surface area contributed by atoms with Crippen LogP contribution < -0.4 is 28.4 Å². The lowest BCUT2D eigenvalue weighted by atomic mass is 9.87. The first-order chi connectivity index (χ1) is 45.4. The van der Waals surface area contributed by atoms with Crippen molar-refractivity contribution >= 4 is 183 Å². The summed E-state index contributed by atoms with van der Waals surface area (Å²) in [5, 5.41) is -0.673. The summed E-state index contributed by atoms with van der Waals surface area (Å²) in [7, 11) is 2.92. The molecule has 2 N–H and O–H groups in total. The first-order valence-corrected chi connectivity index (χ1v) is 33.8. The van der Waals surface area contributed by atoms with Crippen LogP contribution in [-0.2, 0) is 16.2 Å². The molecule has 8 aromatic carbocycles. The van der Waals surface area contributed by atoms with Crippen molar-refractivity contribution < 1.29 is 28.4 Å². The zero-order valence-electron chi connectivity index (χ0n) is 52.3. The number of hydrogen-bond acceptors (Lipinski definition) is 12.